The molecule has 2 saturated carbocycles. The molecule has 0 heterocycles. The van der Waals surface area contributed by atoms with Crippen LogP contribution < -0.4 is 5.32 Å². The molecule has 0 aromatic rings. The molecule has 0 aliphatic heterocycles. The molecule has 0 spiro atoms. The largest absolute Gasteiger partial charge is 0.481 e. The van der Waals surface area contributed by atoms with E-state index in [1.165, 1.54) is 0 Å². The minimum absolute atomic E-state index is 0.0625. The van der Waals surface area contributed by atoms with Crippen molar-refractivity contribution in [3.63, 3.8) is 0 Å². The summed E-state index contributed by atoms with van der Waals surface area (Å²) < 4.78 is 5.27. The van der Waals surface area contributed by atoms with E-state index in [2.05, 4.69) is 5.32 Å². The second kappa shape index (κ2) is 4.41. The van der Waals surface area contributed by atoms with Crippen LogP contribution in [-0.2, 0) is 14.3 Å². The van der Waals surface area contributed by atoms with E-state index in [1.54, 1.807) is 7.11 Å². The third kappa shape index (κ3) is 2.19. The third-order valence-corrected chi connectivity index (χ3v) is 3.53. The van der Waals surface area contributed by atoms with Crippen LogP contribution in [0.2, 0.25) is 0 Å². The number of carboxylic acid groups (broad SMARTS) is 1. The zero-order chi connectivity index (χ0) is 11.7. The lowest BCUT2D eigenvalue weighted by Crippen LogP contribution is -2.41. The van der Waals surface area contributed by atoms with E-state index >= 15 is 0 Å². The lowest BCUT2D eigenvalue weighted by molar-refractivity contribution is -0.140. The van der Waals surface area contributed by atoms with Crippen LogP contribution in [0.5, 0.6) is 0 Å². The molecule has 5 heteroatoms. The highest BCUT2D eigenvalue weighted by Crippen LogP contribution is 2.39. The van der Waals surface area contributed by atoms with Crippen LogP contribution in [0.25, 0.3) is 0 Å². The fraction of sp³-hybridized carbons (Fsp3) is 0.818. The SMILES string of the molecule is COC1CCCC1NC(=O)C1CC1C(=O)O. The number of ether oxygens (including phenoxy) is 1. The van der Waals surface area contributed by atoms with Gasteiger partial charge in [0.05, 0.1) is 24.0 Å². The molecule has 2 aliphatic rings. The van der Waals surface area contributed by atoms with Crippen LogP contribution in [0, 0.1) is 11.8 Å². The maximum atomic E-state index is 11.7. The molecule has 2 N–H and O–H groups in total. The van der Waals surface area contributed by atoms with Crippen molar-refractivity contribution in [1.82, 2.24) is 5.32 Å². The first-order valence-electron chi connectivity index (χ1n) is 5.69. The summed E-state index contributed by atoms with van der Waals surface area (Å²) in [6, 6.07) is 0.0625. The van der Waals surface area contributed by atoms with Gasteiger partial charge in [-0.25, -0.2) is 0 Å². The number of hydrogen-bond donors (Lipinski definition) is 2. The molecule has 0 radical (unpaired) electrons. The van der Waals surface area contributed by atoms with Gasteiger partial charge in [0, 0.05) is 7.11 Å². The second-order valence-corrected chi connectivity index (χ2v) is 4.61. The Labute approximate surface area is 94.2 Å². The summed E-state index contributed by atoms with van der Waals surface area (Å²) in [5.41, 5.74) is 0. The molecule has 2 rings (SSSR count). The molecule has 2 aliphatic carbocycles. The predicted octanol–water partition coefficient (Wildman–Crippen LogP) is 0.391. The number of nitrogens with one attached hydrogen (secondary N) is 1. The molecule has 1 amide bonds. The average molecular weight is 227 g/mol. The van der Waals surface area contributed by atoms with E-state index in [0.717, 1.165) is 19.3 Å². The highest BCUT2D eigenvalue weighted by Gasteiger charge is 2.49. The molecule has 16 heavy (non-hydrogen) atoms. The zero-order valence-corrected chi connectivity index (χ0v) is 9.31. The number of rotatable bonds is 4. The number of carbonyl (C=O) groups excluding carboxylic acids is 1. The van der Waals surface area contributed by atoms with Crippen LogP contribution >= 0.6 is 0 Å². The average Bonchev–Trinajstić information content (AvgIpc) is 2.94. The van der Waals surface area contributed by atoms with Gasteiger partial charge >= 0.3 is 5.97 Å². The van der Waals surface area contributed by atoms with Crippen molar-refractivity contribution >= 4 is 11.9 Å². The second-order valence-electron chi connectivity index (χ2n) is 4.61. The summed E-state index contributed by atoms with van der Waals surface area (Å²) in [4.78, 5) is 22.3. The molecule has 2 fully saturated rings. The van der Waals surface area contributed by atoms with Crippen LogP contribution in [0.3, 0.4) is 0 Å². The Morgan fingerprint density at radius 2 is 2.06 bits per heavy atom. The monoisotopic (exact) mass is 227 g/mol. The van der Waals surface area contributed by atoms with E-state index in [-0.39, 0.29) is 24.0 Å². The van der Waals surface area contributed by atoms with Gasteiger partial charge in [-0.2, -0.15) is 0 Å². The summed E-state index contributed by atoms with van der Waals surface area (Å²) in [7, 11) is 1.65. The Morgan fingerprint density at radius 3 is 2.62 bits per heavy atom. The molecular formula is C11H17NO4. The van der Waals surface area contributed by atoms with Crippen molar-refractivity contribution in [3.8, 4) is 0 Å². The first-order chi connectivity index (χ1) is 7.63. The number of methoxy groups -OCH3 is 1. The van der Waals surface area contributed by atoms with Crippen molar-refractivity contribution in [2.75, 3.05) is 7.11 Å². The zero-order valence-electron chi connectivity index (χ0n) is 9.31. The Bertz CT molecular complexity index is 304. The minimum atomic E-state index is -0.866. The van der Waals surface area contributed by atoms with Gasteiger partial charge in [-0.15, -0.1) is 0 Å². The van der Waals surface area contributed by atoms with Gasteiger partial charge in [0.15, 0.2) is 0 Å². The first-order valence-corrected chi connectivity index (χ1v) is 5.69. The molecule has 0 saturated heterocycles. The molecule has 0 aromatic carbocycles. The number of carboxylic acids is 1. The molecule has 5 nitrogen and oxygen atoms in total. The number of carbonyl (C=O) groups is 2. The van der Waals surface area contributed by atoms with Gasteiger partial charge in [-0.05, 0) is 25.7 Å². The van der Waals surface area contributed by atoms with E-state index < -0.39 is 11.9 Å². The topological polar surface area (TPSA) is 75.6 Å². The fourth-order valence-electron chi connectivity index (χ4n) is 2.42. The van der Waals surface area contributed by atoms with Crippen molar-refractivity contribution in [2.45, 2.75) is 37.8 Å². The summed E-state index contributed by atoms with van der Waals surface area (Å²) in [5.74, 6) is -1.78. The normalized spacial score (nSPS) is 37.1. The van der Waals surface area contributed by atoms with Gasteiger partial charge in [0.25, 0.3) is 0 Å². The van der Waals surface area contributed by atoms with Gasteiger partial charge in [0.2, 0.25) is 5.91 Å². The van der Waals surface area contributed by atoms with E-state index in [1.807, 2.05) is 0 Å². The van der Waals surface area contributed by atoms with Crippen LogP contribution in [0.4, 0.5) is 0 Å². The fourth-order valence-corrected chi connectivity index (χ4v) is 2.42. The van der Waals surface area contributed by atoms with Crippen molar-refractivity contribution in [3.05, 3.63) is 0 Å². The third-order valence-electron chi connectivity index (χ3n) is 3.53. The Hall–Kier alpha value is -1.10. The van der Waals surface area contributed by atoms with E-state index in [9.17, 15) is 9.59 Å². The van der Waals surface area contributed by atoms with Gasteiger partial charge in [-0.3, -0.25) is 9.59 Å². The maximum Gasteiger partial charge on any atom is 0.307 e. The molecule has 4 unspecified atom stereocenters. The van der Waals surface area contributed by atoms with E-state index in [0.29, 0.717) is 6.42 Å². The van der Waals surface area contributed by atoms with Gasteiger partial charge in [0.1, 0.15) is 0 Å². The molecule has 0 bridgehead atoms. The van der Waals surface area contributed by atoms with Crippen molar-refractivity contribution in [1.29, 1.82) is 0 Å². The molecule has 4 atom stereocenters. The Kier molecular flexibility index (Phi) is 3.14. The minimum Gasteiger partial charge on any atom is -0.481 e. The Morgan fingerprint density at radius 1 is 1.31 bits per heavy atom. The number of aliphatic carboxylic acids is 1. The smallest absolute Gasteiger partial charge is 0.307 e. The van der Waals surface area contributed by atoms with Gasteiger partial charge < -0.3 is 15.2 Å². The van der Waals surface area contributed by atoms with Gasteiger partial charge in [-0.1, -0.05) is 0 Å². The summed E-state index contributed by atoms with van der Waals surface area (Å²) in [6.07, 6.45) is 3.51. The lowest BCUT2D eigenvalue weighted by atomic mass is 10.2. The van der Waals surface area contributed by atoms with Crippen molar-refractivity contribution < 1.29 is 19.4 Å². The number of hydrogen-bond acceptors (Lipinski definition) is 3. The molecule has 0 aromatic heterocycles. The Balaban J connectivity index is 1.82. The van der Waals surface area contributed by atoms with Crippen molar-refractivity contribution in [2.24, 2.45) is 11.8 Å². The number of amides is 1. The highest BCUT2D eigenvalue weighted by atomic mass is 16.5. The standard InChI is InChI=1S/C11H17NO4/c1-16-9-4-2-3-8(9)12-10(13)6-5-7(6)11(14)15/h6-9H,2-5H2,1H3,(H,12,13)(H,14,15). The lowest BCUT2D eigenvalue weighted by Gasteiger charge is -2.19. The quantitative estimate of drug-likeness (QED) is 0.728. The highest BCUT2D eigenvalue weighted by molar-refractivity contribution is 5.89. The molecular weight excluding hydrogens is 210 g/mol. The maximum absolute atomic E-state index is 11.7. The summed E-state index contributed by atoms with van der Waals surface area (Å²) in [5, 5.41) is 11.6. The molecule has 90 valence electrons. The van der Waals surface area contributed by atoms with E-state index in [4.69, 9.17) is 9.84 Å². The van der Waals surface area contributed by atoms with Crippen LogP contribution in [0.15, 0.2) is 0 Å². The first kappa shape index (κ1) is 11.4. The van der Waals surface area contributed by atoms with Crippen LogP contribution in [-0.4, -0.2) is 36.2 Å². The summed E-state index contributed by atoms with van der Waals surface area (Å²) >= 11 is 0. The summed E-state index contributed by atoms with van der Waals surface area (Å²) in [6.45, 7) is 0. The van der Waals surface area contributed by atoms with Crippen LogP contribution in [0.1, 0.15) is 25.7 Å². The predicted molar refractivity (Wildman–Crippen MR) is 55.8 cm³/mol.